The number of aromatic nitrogens is 2. The van der Waals surface area contributed by atoms with Gasteiger partial charge < -0.3 is 29.0 Å². The van der Waals surface area contributed by atoms with E-state index in [1.54, 1.807) is 80.0 Å². The fraction of sp³-hybridized carbons (Fsp3) is 0.333. The highest BCUT2D eigenvalue weighted by Crippen LogP contribution is 2.32. The maximum atomic E-state index is 10.1. The van der Waals surface area contributed by atoms with Crippen molar-refractivity contribution in [2.45, 2.75) is 18.2 Å². The van der Waals surface area contributed by atoms with Gasteiger partial charge in [0.2, 0.25) is 5.95 Å². The number of aliphatic hydroxyl groups is 1. The fourth-order valence-corrected chi connectivity index (χ4v) is 3.26. The van der Waals surface area contributed by atoms with Gasteiger partial charge in [0.05, 0.1) is 20.8 Å². The van der Waals surface area contributed by atoms with Crippen LogP contribution < -0.4 is 23.8 Å². The minimum atomic E-state index is -0.973. The lowest BCUT2D eigenvalue weighted by Crippen LogP contribution is -2.41. The normalized spacial score (nSPS) is 13.1. The number of hydrogen-bond donors (Lipinski definition) is 1. The molecule has 0 spiro atoms. The molecular formula is C24H28N6O5. The number of hydrogen-bond acceptors (Lipinski definition) is 9. The summed E-state index contributed by atoms with van der Waals surface area (Å²) >= 11 is 0. The summed E-state index contributed by atoms with van der Waals surface area (Å²) in [4.78, 5) is 13.4. The van der Waals surface area contributed by atoms with E-state index in [0.29, 0.717) is 34.5 Å². The van der Waals surface area contributed by atoms with E-state index in [4.69, 9.17) is 24.5 Å². The lowest BCUT2D eigenvalue weighted by Gasteiger charge is -2.31. The smallest absolute Gasteiger partial charge is 0.224 e. The van der Waals surface area contributed by atoms with E-state index < -0.39 is 24.9 Å². The van der Waals surface area contributed by atoms with Crippen LogP contribution in [0.25, 0.3) is 10.4 Å². The van der Waals surface area contributed by atoms with Crippen molar-refractivity contribution in [1.29, 1.82) is 0 Å². The Bertz CT molecular complexity index is 1100. The number of azide groups is 1. The maximum absolute atomic E-state index is 10.1. The molecule has 0 aliphatic carbocycles. The van der Waals surface area contributed by atoms with Crippen LogP contribution in [0.5, 0.6) is 23.0 Å². The zero-order valence-corrected chi connectivity index (χ0v) is 20.0. The molecule has 0 aliphatic rings. The number of methoxy groups -OCH3 is 2. The molecule has 3 atom stereocenters. The monoisotopic (exact) mass is 480 g/mol. The Kier molecular flexibility index (Phi) is 8.94. The molecule has 1 N–H and O–H groups in total. The van der Waals surface area contributed by atoms with Gasteiger partial charge in [-0.1, -0.05) is 5.11 Å². The van der Waals surface area contributed by atoms with Crippen molar-refractivity contribution >= 4 is 5.95 Å². The van der Waals surface area contributed by atoms with Crippen LogP contribution in [0.1, 0.15) is 11.7 Å². The van der Waals surface area contributed by atoms with Crippen LogP contribution >= 0.6 is 0 Å². The Labute approximate surface area is 203 Å². The molecule has 0 amide bonds. The summed E-state index contributed by atoms with van der Waals surface area (Å²) in [7, 11) is 6.81. The van der Waals surface area contributed by atoms with Crippen LogP contribution in [0.4, 0.5) is 5.95 Å². The zero-order chi connectivity index (χ0) is 25.2. The zero-order valence-electron chi connectivity index (χ0n) is 20.0. The molecule has 2 aromatic carbocycles. The third-order valence-corrected chi connectivity index (χ3v) is 5.11. The lowest BCUT2D eigenvalue weighted by atomic mass is 10.0. The average Bonchev–Trinajstić information content (AvgIpc) is 2.90. The van der Waals surface area contributed by atoms with Gasteiger partial charge in [-0.05, 0) is 54.1 Å². The van der Waals surface area contributed by atoms with E-state index in [0.717, 1.165) is 0 Å². The first-order valence-corrected chi connectivity index (χ1v) is 10.7. The molecule has 0 aliphatic heterocycles. The molecule has 3 aromatic rings. The minimum Gasteiger partial charge on any atom is -0.497 e. The van der Waals surface area contributed by atoms with Gasteiger partial charge in [-0.2, -0.15) is 0 Å². The largest absolute Gasteiger partial charge is 0.497 e. The third-order valence-electron chi connectivity index (χ3n) is 5.11. The molecule has 184 valence electrons. The van der Waals surface area contributed by atoms with Crippen molar-refractivity contribution < 1.29 is 24.1 Å². The molecule has 1 unspecified atom stereocenters. The Morgan fingerprint density at radius 1 is 0.886 bits per heavy atom. The van der Waals surface area contributed by atoms with Gasteiger partial charge >= 0.3 is 0 Å². The van der Waals surface area contributed by atoms with Crippen molar-refractivity contribution in [1.82, 2.24) is 9.97 Å². The Morgan fingerprint density at radius 2 is 1.37 bits per heavy atom. The van der Waals surface area contributed by atoms with Crippen LogP contribution in [0.15, 0.2) is 66.0 Å². The molecule has 0 saturated heterocycles. The summed E-state index contributed by atoms with van der Waals surface area (Å²) in [6.07, 6.45) is 1.46. The number of benzene rings is 2. The highest BCUT2D eigenvalue weighted by atomic mass is 16.5. The predicted molar refractivity (Wildman–Crippen MR) is 130 cm³/mol. The van der Waals surface area contributed by atoms with Crippen molar-refractivity contribution in [3.8, 4) is 23.0 Å². The maximum Gasteiger partial charge on any atom is 0.224 e. The second kappa shape index (κ2) is 12.3. The first-order chi connectivity index (χ1) is 17.0. The fourth-order valence-electron chi connectivity index (χ4n) is 3.26. The summed E-state index contributed by atoms with van der Waals surface area (Å²) in [6, 6.07) is 12.9. The Morgan fingerprint density at radius 3 is 1.80 bits per heavy atom. The SMILES string of the molecule is COc1ccc(O[C@H](c2cnc(N(C)C)nc2)[C@@H](Oc2ccc(OC)cc2)C(CO)N=[N+]=[N-])cc1. The van der Waals surface area contributed by atoms with Gasteiger partial charge in [0.25, 0.3) is 0 Å². The molecule has 11 heteroatoms. The van der Waals surface area contributed by atoms with Crippen LogP contribution in [-0.2, 0) is 0 Å². The molecule has 35 heavy (non-hydrogen) atoms. The number of nitrogens with zero attached hydrogens (tertiary/aromatic N) is 6. The van der Waals surface area contributed by atoms with Crippen LogP contribution in [-0.4, -0.2) is 62.1 Å². The van der Waals surface area contributed by atoms with Crippen molar-refractivity contribution in [3.05, 3.63) is 76.9 Å². The van der Waals surface area contributed by atoms with E-state index in [2.05, 4.69) is 20.0 Å². The number of anilines is 1. The number of rotatable bonds is 12. The number of aliphatic hydroxyl groups excluding tert-OH is 1. The van der Waals surface area contributed by atoms with E-state index >= 15 is 0 Å². The van der Waals surface area contributed by atoms with Gasteiger partial charge in [-0.25, -0.2) is 9.97 Å². The molecule has 0 radical (unpaired) electrons. The molecular weight excluding hydrogens is 452 g/mol. The standard InChI is InChI=1S/C24H28N6O5/c1-30(2)24-26-13-16(14-27-24)22(34-19-9-5-17(32-3)6-10-19)23(21(15-31)28-29-25)35-20-11-7-18(33-4)8-12-20/h5-14,21-23,31H,15H2,1-4H3/t21?,22-,23+/m1/s1. The topological polar surface area (TPSA) is 135 Å². The van der Waals surface area contributed by atoms with Gasteiger partial charge in [-0.15, -0.1) is 0 Å². The second-order valence-corrected chi connectivity index (χ2v) is 7.64. The Balaban J connectivity index is 2.05. The van der Waals surface area contributed by atoms with Crippen molar-refractivity contribution in [2.24, 2.45) is 5.11 Å². The van der Waals surface area contributed by atoms with E-state index in [9.17, 15) is 5.11 Å². The third kappa shape index (κ3) is 6.66. The Hall–Kier alpha value is -4.21. The van der Waals surface area contributed by atoms with Crippen LogP contribution in [0, 0.1) is 0 Å². The van der Waals surface area contributed by atoms with Crippen molar-refractivity contribution in [3.63, 3.8) is 0 Å². The molecule has 1 aromatic heterocycles. The first-order valence-electron chi connectivity index (χ1n) is 10.7. The lowest BCUT2D eigenvalue weighted by molar-refractivity contribution is 0.0222. The molecule has 3 rings (SSSR count). The van der Waals surface area contributed by atoms with Crippen LogP contribution in [0.2, 0.25) is 0 Å². The summed E-state index contributed by atoms with van der Waals surface area (Å²) < 4.78 is 23.0. The van der Waals surface area contributed by atoms with E-state index in [1.807, 2.05) is 14.1 Å². The van der Waals surface area contributed by atoms with Gasteiger partial charge in [0.1, 0.15) is 29.0 Å². The molecule has 0 bridgehead atoms. The summed E-state index contributed by atoms with van der Waals surface area (Å²) in [5, 5.41) is 13.8. The van der Waals surface area contributed by atoms with E-state index in [-0.39, 0.29) is 0 Å². The minimum absolute atomic E-state index is 0.468. The van der Waals surface area contributed by atoms with E-state index in [1.165, 1.54) is 0 Å². The predicted octanol–water partition coefficient (Wildman–Crippen LogP) is 3.80. The molecule has 0 saturated carbocycles. The summed E-state index contributed by atoms with van der Waals surface area (Å²) in [5.74, 6) is 2.81. The highest BCUT2D eigenvalue weighted by Gasteiger charge is 2.35. The highest BCUT2D eigenvalue weighted by molar-refractivity contribution is 5.34. The van der Waals surface area contributed by atoms with Gasteiger partial charge in [0, 0.05) is 37.0 Å². The second-order valence-electron chi connectivity index (χ2n) is 7.64. The quantitative estimate of drug-likeness (QED) is 0.235. The summed E-state index contributed by atoms with van der Waals surface area (Å²) in [6.45, 7) is -0.468. The molecule has 1 heterocycles. The van der Waals surface area contributed by atoms with Crippen LogP contribution in [0.3, 0.4) is 0 Å². The van der Waals surface area contributed by atoms with Gasteiger partial charge in [-0.3, -0.25) is 0 Å². The first kappa shape index (κ1) is 25.4. The van der Waals surface area contributed by atoms with Gasteiger partial charge in [0.15, 0.2) is 12.2 Å². The average molecular weight is 481 g/mol. The van der Waals surface area contributed by atoms with Crippen molar-refractivity contribution in [2.75, 3.05) is 39.8 Å². The molecule has 11 nitrogen and oxygen atoms in total. The molecule has 0 fully saturated rings. The number of ether oxygens (including phenoxy) is 4. The summed E-state index contributed by atoms with van der Waals surface area (Å²) in [5.41, 5.74) is 9.70.